The van der Waals surface area contributed by atoms with Crippen LogP contribution in [0.1, 0.15) is 38.5 Å². The fourth-order valence-corrected chi connectivity index (χ4v) is 3.29. The van der Waals surface area contributed by atoms with E-state index in [1.165, 1.54) is 38.5 Å². The second-order valence-corrected chi connectivity index (χ2v) is 5.28. The lowest BCUT2D eigenvalue weighted by Gasteiger charge is -2.39. The molecular formula is C11H18BrNO. The highest BCUT2D eigenvalue weighted by Crippen LogP contribution is 2.46. The minimum Gasteiger partial charge on any atom is -0.342 e. The summed E-state index contributed by atoms with van der Waals surface area (Å²) in [5.41, 5.74) is 0.628. The van der Waals surface area contributed by atoms with Crippen LogP contribution in [0, 0.1) is 5.41 Å². The summed E-state index contributed by atoms with van der Waals surface area (Å²) >= 11 is 3.23. The maximum Gasteiger partial charge on any atom is 0.233 e. The Morgan fingerprint density at radius 3 is 2.21 bits per heavy atom. The average molecular weight is 260 g/mol. The molecule has 3 heteroatoms. The van der Waals surface area contributed by atoms with Crippen LogP contribution < -0.4 is 0 Å². The van der Waals surface area contributed by atoms with E-state index in [2.05, 4.69) is 15.9 Å². The maximum atomic E-state index is 11.4. The zero-order valence-corrected chi connectivity index (χ0v) is 10.2. The van der Waals surface area contributed by atoms with Gasteiger partial charge in [-0.05, 0) is 31.1 Å². The monoisotopic (exact) mass is 259 g/mol. The second kappa shape index (κ2) is 4.21. The highest BCUT2D eigenvalue weighted by Gasteiger charge is 2.37. The zero-order chi connectivity index (χ0) is 10.0. The molecule has 1 amide bonds. The number of rotatable bonds is 1. The van der Waals surface area contributed by atoms with E-state index in [1.54, 1.807) is 0 Å². The molecule has 1 spiro atoms. The first-order valence-corrected chi connectivity index (χ1v) is 6.72. The Morgan fingerprint density at radius 2 is 1.71 bits per heavy atom. The third kappa shape index (κ3) is 1.97. The third-order valence-corrected chi connectivity index (χ3v) is 4.44. The largest absolute Gasteiger partial charge is 0.342 e. The molecule has 1 aliphatic heterocycles. The predicted molar refractivity (Wildman–Crippen MR) is 60.5 cm³/mol. The molecule has 0 radical (unpaired) electrons. The van der Waals surface area contributed by atoms with Gasteiger partial charge in [-0.25, -0.2) is 0 Å². The molecule has 1 saturated carbocycles. The van der Waals surface area contributed by atoms with Gasteiger partial charge in [-0.2, -0.15) is 0 Å². The van der Waals surface area contributed by atoms with E-state index in [0.717, 1.165) is 13.1 Å². The minimum absolute atomic E-state index is 0.262. The van der Waals surface area contributed by atoms with Gasteiger partial charge in [-0.15, -0.1) is 0 Å². The van der Waals surface area contributed by atoms with Gasteiger partial charge >= 0.3 is 0 Å². The van der Waals surface area contributed by atoms with Crippen LogP contribution in [0.15, 0.2) is 0 Å². The van der Waals surface area contributed by atoms with Crippen molar-refractivity contribution in [3.63, 3.8) is 0 Å². The summed E-state index contributed by atoms with van der Waals surface area (Å²) in [5, 5.41) is 0.486. The van der Waals surface area contributed by atoms with Crippen LogP contribution in [0.25, 0.3) is 0 Å². The van der Waals surface area contributed by atoms with Gasteiger partial charge in [0.1, 0.15) is 0 Å². The Kier molecular flexibility index (Phi) is 3.15. The molecule has 2 fully saturated rings. The molecule has 1 heterocycles. The van der Waals surface area contributed by atoms with E-state index in [9.17, 15) is 4.79 Å². The number of carbonyl (C=O) groups is 1. The number of hydrogen-bond donors (Lipinski definition) is 0. The number of amides is 1. The summed E-state index contributed by atoms with van der Waals surface area (Å²) in [4.78, 5) is 13.5. The van der Waals surface area contributed by atoms with Gasteiger partial charge in [0.05, 0.1) is 5.33 Å². The highest BCUT2D eigenvalue weighted by atomic mass is 79.9. The fraction of sp³-hybridized carbons (Fsp3) is 0.909. The van der Waals surface area contributed by atoms with Crippen LogP contribution in [-0.2, 0) is 4.79 Å². The topological polar surface area (TPSA) is 20.3 Å². The van der Waals surface area contributed by atoms with Gasteiger partial charge in [-0.3, -0.25) is 4.79 Å². The molecule has 0 bridgehead atoms. The molecule has 0 aromatic carbocycles. The molecule has 1 saturated heterocycles. The lowest BCUT2D eigenvalue weighted by molar-refractivity contribution is -0.130. The number of piperidine rings is 1. The van der Waals surface area contributed by atoms with E-state index in [4.69, 9.17) is 0 Å². The quantitative estimate of drug-likeness (QED) is 0.663. The SMILES string of the molecule is O=C(CBr)N1CCC2(CCCC2)CC1. The van der Waals surface area contributed by atoms with Crippen LogP contribution in [0.3, 0.4) is 0 Å². The van der Waals surface area contributed by atoms with Crippen LogP contribution >= 0.6 is 15.9 Å². The number of halogens is 1. The molecule has 0 aromatic rings. The molecule has 2 nitrogen and oxygen atoms in total. The normalized spacial score (nSPS) is 25.6. The summed E-state index contributed by atoms with van der Waals surface area (Å²) in [6, 6.07) is 0. The van der Waals surface area contributed by atoms with E-state index < -0.39 is 0 Å². The molecule has 0 unspecified atom stereocenters. The minimum atomic E-state index is 0.262. The molecule has 0 atom stereocenters. The number of alkyl halides is 1. The molecular weight excluding hydrogens is 242 g/mol. The van der Waals surface area contributed by atoms with Gasteiger partial charge in [-0.1, -0.05) is 28.8 Å². The summed E-state index contributed by atoms with van der Waals surface area (Å²) < 4.78 is 0. The maximum absolute atomic E-state index is 11.4. The summed E-state index contributed by atoms with van der Waals surface area (Å²) in [6.45, 7) is 1.98. The number of carbonyl (C=O) groups excluding carboxylic acids is 1. The van der Waals surface area contributed by atoms with Gasteiger partial charge in [0.15, 0.2) is 0 Å². The smallest absolute Gasteiger partial charge is 0.233 e. The van der Waals surface area contributed by atoms with E-state index in [0.29, 0.717) is 10.7 Å². The van der Waals surface area contributed by atoms with Crippen molar-refractivity contribution in [2.75, 3.05) is 18.4 Å². The summed E-state index contributed by atoms with van der Waals surface area (Å²) in [6.07, 6.45) is 8.11. The third-order valence-electron chi connectivity index (χ3n) is 3.96. The first-order chi connectivity index (χ1) is 6.76. The van der Waals surface area contributed by atoms with Gasteiger partial charge in [0.25, 0.3) is 0 Å². The molecule has 2 aliphatic rings. The van der Waals surface area contributed by atoms with Crippen molar-refractivity contribution in [2.24, 2.45) is 5.41 Å². The van der Waals surface area contributed by atoms with Gasteiger partial charge < -0.3 is 4.90 Å². The van der Waals surface area contributed by atoms with E-state index in [1.807, 2.05) is 4.90 Å². The van der Waals surface area contributed by atoms with Crippen LogP contribution in [-0.4, -0.2) is 29.2 Å². The lowest BCUT2D eigenvalue weighted by atomic mass is 9.77. The molecule has 0 aromatic heterocycles. The average Bonchev–Trinajstić information content (AvgIpc) is 2.67. The van der Waals surface area contributed by atoms with Crippen molar-refractivity contribution in [1.82, 2.24) is 4.90 Å². The number of likely N-dealkylation sites (tertiary alicyclic amines) is 1. The Bertz CT molecular complexity index is 213. The Morgan fingerprint density at radius 1 is 1.14 bits per heavy atom. The second-order valence-electron chi connectivity index (χ2n) is 4.72. The summed E-state index contributed by atoms with van der Waals surface area (Å²) in [7, 11) is 0. The summed E-state index contributed by atoms with van der Waals surface area (Å²) in [5.74, 6) is 0.262. The van der Waals surface area contributed by atoms with Crippen molar-refractivity contribution in [3.8, 4) is 0 Å². The van der Waals surface area contributed by atoms with E-state index >= 15 is 0 Å². The lowest BCUT2D eigenvalue weighted by Crippen LogP contribution is -2.42. The van der Waals surface area contributed by atoms with Crippen molar-refractivity contribution < 1.29 is 4.79 Å². The first-order valence-electron chi connectivity index (χ1n) is 5.60. The van der Waals surface area contributed by atoms with Crippen molar-refractivity contribution in [2.45, 2.75) is 38.5 Å². The predicted octanol–water partition coefficient (Wildman–Crippen LogP) is 2.56. The van der Waals surface area contributed by atoms with Gasteiger partial charge in [0, 0.05) is 13.1 Å². The number of hydrogen-bond acceptors (Lipinski definition) is 1. The fourth-order valence-electron chi connectivity index (χ4n) is 2.94. The Balaban J connectivity index is 1.88. The number of nitrogens with zero attached hydrogens (tertiary/aromatic N) is 1. The Hall–Kier alpha value is -0.0500. The van der Waals surface area contributed by atoms with Crippen molar-refractivity contribution >= 4 is 21.8 Å². The highest BCUT2D eigenvalue weighted by molar-refractivity contribution is 9.09. The zero-order valence-electron chi connectivity index (χ0n) is 8.60. The molecule has 0 N–H and O–H groups in total. The van der Waals surface area contributed by atoms with E-state index in [-0.39, 0.29) is 5.91 Å². The van der Waals surface area contributed by atoms with Crippen LogP contribution in [0.5, 0.6) is 0 Å². The molecule has 14 heavy (non-hydrogen) atoms. The Labute approximate surface area is 94.2 Å². The van der Waals surface area contributed by atoms with Crippen LogP contribution in [0.2, 0.25) is 0 Å². The first kappa shape index (κ1) is 10.5. The van der Waals surface area contributed by atoms with Crippen LogP contribution in [0.4, 0.5) is 0 Å². The molecule has 1 aliphatic carbocycles. The van der Waals surface area contributed by atoms with Crippen molar-refractivity contribution in [3.05, 3.63) is 0 Å². The molecule has 80 valence electrons. The van der Waals surface area contributed by atoms with Crippen molar-refractivity contribution in [1.29, 1.82) is 0 Å². The molecule has 2 rings (SSSR count). The standard InChI is InChI=1S/C11H18BrNO/c12-9-10(14)13-7-5-11(6-8-13)3-1-2-4-11/h1-9H2. The van der Waals surface area contributed by atoms with Gasteiger partial charge in [0.2, 0.25) is 5.91 Å².